The first-order chi connectivity index (χ1) is 12.7. The van der Waals surface area contributed by atoms with Crippen molar-refractivity contribution in [3.63, 3.8) is 0 Å². The maximum Gasteiger partial charge on any atom is 0.100 e. The van der Waals surface area contributed by atoms with Gasteiger partial charge in [-0.25, -0.2) is 0 Å². The van der Waals surface area contributed by atoms with E-state index >= 15 is 0 Å². The van der Waals surface area contributed by atoms with E-state index < -0.39 is 6.10 Å². The summed E-state index contributed by atoms with van der Waals surface area (Å²) < 4.78 is 10.7. The van der Waals surface area contributed by atoms with Crippen molar-refractivity contribution in [1.29, 1.82) is 0 Å². The maximum absolute atomic E-state index is 9.22. The maximum atomic E-state index is 9.22. The lowest BCUT2D eigenvalue weighted by atomic mass is 10.1. The van der Waals surface area contributed by atoms with Crippen molar-refractivity contribution >= 4 is 0 Å². The van der Waals surface area contributed by atoms with Gasteiger partial charge in [0.1, 0.15) is 6.10 Å². The van der Waals surface area contributed by atoms with Gasteiger partial charge in [0.05, 0.1) is 25.9 Å². The number of unbranched alkanes of at least 4 members (excludes halogenated alkanes) is 11. The third-order valence-electron chi connectivity index (χ3n) is 4.70. The molecule has 0 radical (unpaired) electrons. The smallest absolute Gasteiger partial charge is 0.100 e. The number of hydrogen-bond donors (Lipinski definition) is 2. The molecule has 0 amide bonds. The van der Waals surface area contributed by atoms with Gasteiger partial charge in [-0.1, -0.05) is 83.3 Å². The molecule has 0 aromatic carbocycles. The Labute approximate surface area is 162 Å². The molecule has 0 aliphatic rings. The Balaban J connectivity index is 3.37. The Morgan fingerprint density at radius 1 is 0.808 bits per heavy atom. The average molecular weight is 373 g/mol. The predicted molar refractivity (Wildman–Crippen MR) is 110 cm³/mol. The topological polar surface area (TPSA) is 58.9 Å². The molecule has 0 aliphatic carbocycles. The van der Waals surface area contributed by atoms with Crippen molar-refractivity contribution in [3.05, 3.63) is 12.2 Å². The van der Waals surface area contributed by atoms with Crippen LogP contribution in [0.25, 0.3) is 0 Å². The third-order valence-corrected chi connectivity index (χ3v) is 4.70. The summed E-state index contributed by atoms with van der Waals surface area (Å²) in [4.78, 5) is 0. The van der Waals surface area contributed by atoms with Crippen molar-refractivity contribution in [2.45, 2.75) is 103 Å². The normalized spacial score (nSPS) is 14.2. The van der Waals surface area contributed by atoms with Crippen LogP contribution in [0.5, 0.6) is 0 Å². The zero-order chi connectivity index (χ0) is 19.3. The predicted octanol–water partition coefficient (Wildman–Crippen LogP) is 5.02. The van der Waals surface area contributed by atoms with Crippen LogP contribution in [0, 0.1) is 0 Å². The molecular formula is C22H44O4. The first kappa shape index (κ1) is 25.6. The molecule has 0 heterocycles. The van der Waals surface area contributed by atoms with Crippen LogP contribution >= 0.6 is 0 Å². The molecule has 26 heavy (non-hydrogen) atoms. The number of aliphatic hydroxyl groups is 2. The lowest BCUT2D eigenvalue weighted by Crippen LogP contribution is -2.24. The molecule has 0 rings (SSSR count). The van der Waals surface area contributed by atoms with E-state index in [4.69, 9.17) is 14.6 Å². The van der Waals surface area contributed by atoms with Crippen LogP contribution in [0.2, 0.25) is 0 Å². The summed E-state index contributed by atoms with van der Waals surface area (Å²) in [7, 11) is 1.67. The first-order valence-corrected chi connectivity index (χ1v) is 10.8. The van der Waals surface area contributed by atoms with Crippen LogP contribution in [0.1, 0.15) is 90.4 Å². The molecule has 0 fully saturated rings. The monoisotopic (exact) mass is 372 g/mol. The quantitative estimate of drug-likeness (QED) is 0.233. The van der Waals surface area contributed by atoms with Crippen LogP contribution in [-0.2, 0) is 9.47 Å². The number of hydrogen-bond acceptors (Lipinski definition) is 4. The second-order valence-corrected chi connectivity index (χ2v) is 7.26. The van der Waals surface area contributed by atoms with E-state index in [0.717, 1.165) is 12.8 Å². The lowest BCUT2D eigenvalue weighted by molar-refractivity contribution is -0.0345. The zero-order valence-corrected chi connectivity index (χ0v) is 17.3. The molecule has 0 unspecified atom stereocenters. The molecule has 0 spiro atoms. The van der Waals surface area contributed by atoms with Gasteiger partial charge in [0, 0.05) is 7.11 Å². The van der Waals surface area contributed by atoms with Crippen LogP contribution in [-0.4, -0.2) is 49.4 Å². The van der Waals surface area contributed by atoms with Gasteiger partial charge in [-0.15, -0.1) is 0 Å². The number of rotatable bonds is 20. The van der Waals surface area contributed by atoms with Gasteiger partial charge in [-0.2, -0.15) is 0 Å². The van der Waals surface area contributed by atoms with Crippen molar-refractivity contribution in [2.24, 2.45) is 0 Å². The summed E-state index contributed by atoms with van der Waals surface area (Å²) >= 11 is 0. The lowest BCUT2D eigenvalue weighted by Gasteiger charge is -2.15. The van der Waals surface area contributed by atoms with Gasteiger partial charge in [-0.3, -0.25) is 0 Å². The van der Waals surface area contributed by atoms with Crippen molar-refractivity contribution in [1.82, 2.24) is 0 Å². The highest BCUT2D eigenvalue weighted by Crippen LogP contribution is 2.12. The molecule has 2 atom stereocenters. The van der Waals surface area contributed by atoms with E-state index in [1.165, 1.54) is 70.6 Å². The van der Waals surface area contributed by atoms with Crippen LogP contribution in [0.4, 0.5) is 0 Å². The second-order valence-electron chi connectivity index (χ2n) is 7.26. The van der Waals surface area contributed by atoms with E-state index in [1.807, 2.05) is 0 Å². The minimum absolute atomic E-state index is 0.00877. The molecule has 4 heteroatoms. The van der Waals surface area contributed by atoms with Crippen LogP contribution in [0.3, 0.4) is 0 Å². The molecule has 0 saturated heterocycles. The van der Waals surface area contributed by atoms with Crippen molar-refractivity contribution in [2.75, 3.05) is 26.9 Å². The summed E-state index contributed by atoms with van der Waals surface area (Å²) in [5.74, 6) is 0. The molecule has 0 aromatic heterocycles. The fourth-order valence-electron chi connectivity index (χ4n) is 2.91. The Morgan fingerprint density at radius 2 is 1.38 bits per heavy atom. The first-order valence-electron chi connectivity index (χ1n) is 10.8. The standard InChI is InChI=1S/C22H44O4/c1-3-4-5-6-7-8-9-10-11-12-13-14-15-16-17-22(25-2)20-26-19-21(24)18-23/h15-16,21-24H,3-14,17-20H2,1-2H3/b16-15-/t21-,22+/m0/s1. The Kier molecular flexibility index (Phi) is 20.5. The summed E-state index contributed by atoms with van der Waals surface area (Å²) in [6.07, 6.45) is 20.7. The largest absolute Gasteiger partial charge is 0.394 e. The van der Waals surface area contributed by atoms with Gasteiger partial charge in [0.15, 0.2) is 0 Å². The number of ether oxygens (including phenoxy) is 2. The van der Waals surface area contributed by atoms with Crippen molar-refractivity contribution < 1.29 is 19.7 Å². The second kappa shape index (κ2) is 20.9. The van der Waals surface area contributed by atoms with Gasteiger partial charge >= 0.3 is 0 Å². The van der Waals surface area contributed by atoms with E-state index in [-0.39, 0.29) is 19.3 Å². The Bertz CT molecular complexity index is 294. The minimum Gasteiger partial charge on any atom is -0.394 e. The van der Waals surface area contributed by atoms with Crippen LogP contribution in [0.15, 0.2) is 12.2 Å². The van der Waals surface area contributed by atoms with E-state index in [0.29, 0.717) is 6.61 Å². The summed E-state index contributed by atoms with van der Waals surface area (Å²) in [5.41, 5.74) is 0. The summed E-state index contributed by atoms with van der Waals surface area (Å²) in [6, 6.07) is 0. The summed E-state index contributed by atoms with van der Waals surface area (Å²) in [6.45, 7) is 2.60. The molecule has 4 nitrogen and oxygen atoms in total. The number of methoxy groups -OCH3 is 1. The van der Waals surface area contributed by atoms with Gasteiger partial charge in [-0.05, 0) is 19.3 Å². The van der Waals surface area contributed by atoms with Gasteiger partial charge < -0.3 is 19.7 Å². The van der Waals surface area contributed by atoms with E-state index in [2.05, 4.69) is 19.1 Å². The molecule has 0 aliphatic heterocycles. The van der Waals surface area contributed by atoms with Crippen LogP contribution < -0.4 is 0 Å². The minimum atomic E-state index is -0.802. The molecular weight excluding hydrogens is 328 g/mol. The highest BCUT2D eigenvalue weighted by molar-refractivity contribution is 4.84. The molecule has 0 bridgehead atoms. The highest BCUT2D eigenvalue weighted by Gasteiger charge is 2.07. The molecule has 2 N–H and O–H groups in total. The zero-order valence-electron chi connectivity index (χ0n) is 17.3. The Morgan fingerprint density at radius 3 is 1.92 bits per heavy atom. The average Bonchev–Trinajstić information content (AvgIpc) is 2.66. The Hall–Kier alpha value is -0.420. The van der Waals surface area contributed by atoms with Gasteiger partial charge in [0.2, 0.25) is 0 Å². The fourth-order valence-corrected chi connectivity index (χ4v) is 2.91. The SMILES string of the molecule is CCCCCCCCCCCCC/C=C\C[C@H](COC[C@@H](O)CO)OC. The third kappa shape index (κ3) is 18.4. The fraction of sp³-hybridized carbons (Fsp3) is 0.909. The summed E-state index contributed by atoms with van der Waals surface area (Å²) in [5, 5.41) is 18.0. The van der Waals surface area contributed by atoms with E-state index in [1.54, 1.807) is 7.11 Å². The van der Waals surface area contributed by atoms with Gasteiger partial charge in [0.25, 0.3) is 0 Å². The number of allylic oxidation sites excluding steroid dienone is 1. The van der Waals surface area contributed by atoms with E-state index in [9.17, 15) is 5.11 Å². The highest BCUT2D eigenvalue weighted by atomic mass is 16.5. The number of aliphatic hydroxyl groups excluding tert-OH is 2. The van der Waals surface area contributed by atoms with Crippen molar-refractivity contribution in [3.8, 4) is 0 Å². The molecule has 156 valence electrons. The molecule has 0 saturated carbocycles. The molecule has 0 aromatic rings.